The molecule has 0 radical (unpaired) electrons. The zero-order valence-corrected chi connectivity index (χ0v) is 9.13. The Morgan fingerprint density at radius 1 is 1.64 bits per heavy atom. The van der Waals surface area contributed by atoms with Gasteiger partial charge in [-0.15, -0.1) is 0 Å². The molecular weight excluding hydrogens is 182 g/mol. The summed E-state index contributed by atoms with van der Waals surface area (Å²) in [5.41, 5.74) is 5.41. The fraction of sp³-hybridized carbons (Fsp3) is 0.900. The summed E-state index contributed by atoms with van der Waals surface area (Å²) in [5.74, 6) is -0.214. The zero-order chi connectivity index (χ0) is 10.8. The van der Waals surface area contributed by atoms with Crippen molar-refractivity contribution >= 4 is 5.97 Å². The van der Waals surface area contributed by atoms with Crippen molar-refractivity contribution in [3.63, 3.8) is 0 Å². The Bertz CT molecular complexity index is 214. The Morgan fingerprint density at radius 2 is 2.29 bits per heavy atom. The molecule has 1 atom stereocenters. The summed E-state index contributed by atoms with van der Waals surface area (Å²) < 4.78 is 10.0. The van der Waals surface area contributed by atoms with Crippen molar-refractivity contribution in [3.05, 3.63) is 0 Å². The quantitative estimate of drug-likeness (QED) is 0.682. The van der Waals surface area contributed by atoms with E-state index < -0.39 is 5.54 Å². The lowest BCUT2D eigenvalue weighted by atomic mass is 9.69. The van der Waals surface area contributed by atoms with Gasteiger partial charge < -0.3 is 15.2 Å². The Hall–Kier alpha value is -0.610. The second-order valence-electron chi connectivity index (χ2n) is 4.56. The topological polar surface area (TPSA) is 61.5 Å². The van der Waals surface area contributed by atoms with E-state index in [4.69, 9.17) is 10.5 Å². The highest BCUT2D eigenvalue weighted by Crippen LogP contribution is 2.41. The number of rotatable bonds is 3. The number of hydrogen-bond acceptors (Lipinski definition) is 4. The van der Waals surface area contributed by atoms with Crippen molar-refractivity contribution in [2.45, 2.75) is 32.2 Å². The van der Waals surface area contributed by atoms with Crippen LogP contribution in [0, 0.1) is 5.41 Å². The maximum Gasteiger partial charge on any atom is 0.306 e. The van der Waals surface area contributed by atoms with E-state index in [9.17, 15) is 4.79 Å². The molecule has 14 heavy (non-hydrogen) atoms. The number of carbonyl (C=O) groups is 1. The second-order valence-corrected chi connectivity index (χ2v) is 4.56. The van der Waals surface area contributed by atoms with Gasteiger partial charge in [-0.25, -0.2) is 0 Å². The fourth-order valence-electron chi connectivity index (χ4n) is 1.83. The number of nitrogens with two attached hydrogens (primary N) is 1. The molecular formula is C10H19NO3. The van der Waals surface area contributed by atoms with Crippen LogP contribution in [0.3, 0.4) is 0 Å². The Balaban J connectivity index is 2.77. The molecule has 1 unspecified atom stereocenters. The van der Waals surface area contributed by atoms with E-state index in [1.54, 1.807) is 0 Å². The minimum atomic E-state index is -0.419. The molecule has 82 valence electrons. The number of ether oxygens (including phenoxy) is 2. The molecule has 0 aliphatic carbocycles. The van der Waals surface area contributed by atoms with Gasteiger partial charge in [-0.1, -0.05) is 0 Å². The van der Waals surface area contributed by atoms with Crippen LogP contribution in [0.4, 0.5) is 0 Å². The number of hydrogen-bond donors (Lipinski definition) is 1. The van der Waals surface area contributed by atoms with Gasteiger partial charge in [-0.05, 0) is 20.3 Å². The molecule has 1 saturated heterocycles. The SMILES string of the molecule is COC(=O)CC1(C(C)(C)N)CCOC1. The van der Waals surface area contributed by atoms with Gasteiger partial charge in [-0.2, -0.15) is 0 Å². The van der Waals surface area contributed by atoms with E-state index >= 15 is 0 Å². The largest absolute Gasteiger partial charge is 0.469 e. The molecule has 0 spiro atoms. The van der Waals surface area contributed by atoms with Crippen LogP contribution in [-0.4, -0.2) is 31.8 Å². The molecule has 0 aromatic heterocycles. The monoisotopic (exact) mass is 201 g/mol. The van der Waals surface area contributed by atoms with Crippen molar-refractivity contribution in [2.24, 2.45) is 11.1 Å². The molecule has 1 rings (SSSR count). The second kappa shape index (κ2) is 3.87. The summed E-state index contributed by atoms with van der Waals surface area (Å²) in [6, 6.07) is 0. The molecule has 4 heteroatoms. The molecule has 0 saturated carbocycles. The first-order valence-electron chi connectivity index (χ1n) is 4.85. The third kappa shape index (κ3) is 2.07. The van der Waals surface area contributed by atoms with E-state index in [0.29, 0.717) is 19.6 Å². The molecule has 1 aliphatic rings. The van der Waals surface area contributed by atoms with Crippen LogP contribution in [-0.2, 0) is 14.3 Å². The first-order chi connectivity index (χ1) is 6.41. The first-order valence-corrected chi connectivity index (χ1v) is 4.85. The number of carbonyl (C=O) groups excluding carboxylic acids is 1. The lowest BCUT2D eigenvalue weighted by molar-refractivity contribution is -0.144. The molecule has 1 heterocycles. The molecule has 1 aliphatic heterocycles. The van der Waals surface area contributed by atoms with Crippen molar-refractivity contribution in [1.82, 2.24) is 0 Å². The van der Waals surface area contributed by atoms with Gasteiger partial charge in [0.1, 0.15) is 0 Å². The smallest absolute Gasteiger partial charge is 0.306 e. The van der Waals surface area contributed by atoms with Crippen LogP contribution >= 0.6 is 0 Å². The van der Waals surface area contributed by atoms with Crippen LogP contribution in [0.1, 0.15) is 26.7 Å². The van der Waals surface area contributed by atoms with Gasteiger partial charge in [0.2, 0.25) is 0 Å². The lowest BCUT2D eigenvalue weighted by Crippen LogP contribution is -2.52. The first kappa shape index (κ1) is 11.5. The molecule has 1 fully saturated rings. The number of methoxy groups -OCH3 is 1. The van der Waals surface area contributed by atoms with E-state index in [1.165, 1.54) is 7.11 Å². The molecule has 0 aromatic rings. The van der Waals surface area contributed by atoms with Crippen molar-refractivity contribution in [3.8, 4) is 0 Å². The standard InChI is InChI=1S/C10H19NO3/c1-9(2,11)10(4-5-14-7-10)6-8(12)13-3/h4-7,11H2,1-3H3. The summed E-state index contributed by atoms with van der Waals surface area (Å²) in [6.45, 7) is 5.10. The molecule has 4 nitrogen and oxygen atoms in total. The van der Waals surface area contributed by atoms with Gasteiger partial charge in [0.15, 0.2) is 0 Å². The predicted octanol–water partition coefficient (Wildman–Crippen LogP) is 0.694. The van der Waals surface area contributed by atoms with Gasteiger partial charge in [-0.3, -0.25) is 4.79 Å². The van der Waals surface area contributed by atoms with Crippen LogP contribution in [0.2, 0.25) is 0 Å². The summed E-state index contributed by atoms with van der Waals surface area (Å²) in [4.78, 5) is 11.3. The predicted molar refractivity (Wildman–Crippen MR) is 52.8 cm³/mol. The molecule has 0 bridgehead atoms. The summed E-state index contributed by atoms with van der Waals surface area (Å²) >= 11 is 0. The Labute approximate surface area is 84.7 Å². The number of esters is 1. The van der Waals surface area contributed by atoms with Crippen molar-refractivity contribution < 1.29 is 14.3 Å². The average Bonchev–Trinajstić information content (AvgIpc) is 2.52. The minimum absolute atomic E-state index is 0.214. The maximum atomic E-state index is 11.3. The molecule has 2 N–H and O–H groups in total. The fourth-order valence-corrected chi connectivity index (χ4v) is 1.83. The Kier molecular flexibility index (Phi) is 3.17. The van der Waals surface area contributed by atoms with Crippen molar-refractivity contribution in [2.75, 3.05) is 20.3 Å². The Morgan fingerprint density at radius 3 is 2.64 bits per heavy atom. The highest BCUT2D eigenvalue weighted by atomic mass is 16.5. The van der Waals surface area contributed by atoms with Gasteiger partial charge in [0.05, 0.1) is 20.1 Å². The third-order valence-corrected chi connectivity index (χ3v) is 3.18. The van der Waals surface area contributed by atoms with E-state index in [1.807, 2.05) is 13.8 Å². The molecule has 0 amide bonds. The summed E-state index contributed by atoms with van der Waals surface area (Å²) in [5, 5.41) is 0. The van der Waals surface area contributed by atoms with E-state index in [2.05, 4.69) is 4.74 Å². The van der Waals surface area contributed by atoms with Crippen molar-refractivity contribution in [1.29, 1.82) is 0 Å². The van der Waals surface area contributed by atoms with Gasteiger partial charge in [0.25, 0.3) is 0 Å². The van der Waals surface area contributed by atoms with Crippen LogP contribution in [0.5, 0.6) is 0 Å². The zero-order valence-electron chi connectivity index (χ0n) is 9.13. The maximum absolute atomic E-state index is 11.3. The summed E-state index contributed by atoms with van der Waals surface area (Å²) in [6.07, 6.45) is 1.17. The van der Waals surface area contributed by atoms with Gasteiger partial charge >= 0.3 is 5.97 Å². The van der Waals surface area contributed by atoms with Crippen LogP contribution in [0.25, 0.3) is 0 Å². The minimum Gasteiger partial charge on any atom is -0.469 e. The highest BCUT2D eigenvalue weighted by molar-refractivity contribution is 5.70. The van der Waals surface area contributed by atoms with Gasteiger partial charge in [0, 0.05) is 17.6 Å². The lowest BCUT2D eigenvalue weighted by Gasteiger charge is -2.39. The van der Waals surface area contributed by atoms with E-state index in [-0.39, 0.29) is 11.4 Å². The summed E-state index contributed by atoms with van der Waals surface area (Å²) in [7, 11) is 1.40. The normalized spacial score (nSPS) is 27.7. The molecule has 0 aromatic carbocycles. The van der Waals surface area contributed by atoms with Crippen LogP contribution in [0.15, 0.2) is 0 Å². The highest BCUT2D eigenvalue weighted by Gasteiger charge is 2.47. The van der Waals surface area contributed by atoms with E-state index in [0.717, 1.165) is 6.42 Å². The third-order valence-electron chi connectivity index (χ3n) is 3.18. The van der Waals surface area contributed by atoms with Crippen LogP contribution < -0.4 is 5.73 Å². The average molecular weight is 201 g/mol.